The Bertz CT molecular complexity index is 269. The van der Waals surface area contributed by atoms with Crippen LogP contribution in [0.4, 0.5) is 0 Å². The van der Waals surface area contributed by atoms with Crippen LogP contribution in [0.2, 0.25) is 0 Å². The summed E-state index contributed by atoms with van der Waals surface area (Å²) in [4.78, 5) is 22.8. The van der Waals surface area contributed by atoms with Gasteiger partial charge in [0.15, 0.2) is 5.78 Å². The average Bonchev–Trinajstić information content (AvgIpc) is 2.22. The molecular weight excluding hydrogens is 190 g/mol. The molecule has 0 aliphatic rings. The van der Waals surface area contributed by atoms with Crippen LogP contribution in [0.5, 0.6) is 0 Å². The number of Topliss-reactive ketones (excluding diaryl/α,β-unsaturated/α-hetero) is 1. The van der Waals surface area contributed by atoms with E-state index in [-0.39, 0.29) is 11.7 Å². The van der Waals surface area contributed by atoms with E-state index in [1.165, 1.54) is 6.08 Å². The third-order valence-electron chi connectivity index (χ3n) is 2.09. The van der Waals surface area contributed by atoms with Gasteiger partial charge in [-0.25, -0.2) is 0 Å². The van der Waals surface area contributed by atoms with Crippen molar-refractivity contribution in [2.75, 3.05) is 0 Å². The summed E-state index contributed by atoms with van der Waals surface area (Å²) in [7, 11) is 0. The minimum absolute atomic E-state index is 0.0985. The lowest BCUT2D eigenvalue weighted by Crippen LogP contribution is -2.40. The van der Waals surface area contributed by atoms with Crippen LogP contribution in [0.3, 0.4) is 0 Å². The second kappa shape index (κ2) is 6.98. The zero-order chi connectivity index (χ0) is 11.8. The Labute approximate surface area is 91.2 Å². The molecule has 0 heterocycles. The number of rotatable bonds is 7. The van der Waals surface area contributed by atoms with Crippen LogP contribution in [0.25, 0.3) is 0 Å². The minimum Gasteiger partial charge on any atom is -0.342 e. The number of carbonyl (C=O) groups excluding carboxylic acids is 2. The first-order valence-corrected chi connectivity index (χ1v) is 5.15. The van der Waals surface area contributed by atoms with Crippen molar-refractivity contribution in [1.29, 1.82) is 0 Å². The van der Waals surface area contributed by atoms with Crippen LogP contribution in [-0.2, 0) is 9.59 Å². The fourth-order valence-electron chi connectivity index (χ4n) is 1.21. The summed E-state index contributed by atoms with van der Waals surface area (Å²) in [6, 6.07) is -0.451. The molecule has 0 bridgehead atoms. The first-order valence-electron chi connectivity index (χ1n) is 5.15. The van der Waals surface area contributed by atoms with E-state index in [9.17, 15) is 9.59 Å². The van der Waals surface area contributed by atoms with Crippen molar-refractivity contribution >= 4 is 11.7 Å². The molecule has 0 radical (unpaired) electrons. The average molecular weight is 209 g/mol. The van der Waals surface area contributed by atoms with Crippen LogP contribution in [-0.4, -0.2) is 17.7 Å². The zero-order valence-corrected chi connectivity index (χ0v) is 9.51. The molecule has 15 heavy (non-hydrogen) atoms. The maximum absolute atomic E-state index is 11.7. The van der Waals surface area contributed by atoms with Crippen LogP contribution >= 0.6 is 0 Å². The maximum Gasteiger partial charge on any atom is 0.243 e. The van der Waals surface area contributed by atoms with E-state index in [0.717, 1.165) is 12.8 Å². The van der Waals surface area contributed by atoms with Gasteiger partial charge in [0.25, 0.3) is 0 Å². The summed E-state index contributed by atoms with van der Waals surface area (Å²) in [5, 5.41) is 2.62. The number of hydrogen-bond donors (Lipinski definition) is 1. The number of unbranched alkanes of at least 4 members (excludes halogenated alkanes) is 1. The summed E-state index contributed by atoms with van der Waals surface area (Å²) in [5.74, 6) is -0.413. The summed E-state index contributed by atoms with van der Waals surface area (Å²) in [6.45, 7) is 10.6. The molecule has 3 heteroatoms. The van der Waals surface area contributed by atoms with E-state index >= 15 is 0 Å². The standard InChI is InChI=1S/C12H19NO2/c1-5-7-8-10(12(15)9(3)4)13-11(14)6-2/h6,10H,2-3,5,7-8H2,1,4H3,(H,13,14). The van der Waals surface area contributed by atoms with Gasteiger partial charge in [0.05, 0.1) is 6.04 Å². The molecule has 0 aliphatic heterocycles. The highest BCUT2D eigenvalue weighted by Gasteiger charge is 2.19. The third kappa shape index (κ3) is 5.15. The summed E-state index contributed by atoms with van der Waals surface area (Å²) in [6.07, 6.45) is 3.72. The number of hydrogen-bond acceptors (Lipinski definition) is 2. The van der Waals surface area contributed by atoms with E-state index in [2.05, 4.69) is 18.5 Å². The molecule has 0 aromatic rings. The Balaban J connectivity index is 4.42. The van der Waals surface area contributed by atoms with Gasteiger partial charge < -0.3 is 5.32 Å². The first-order chi connectivity index (χ1) is 7.02. The second-order valence-corrected chi connectivity index (χ2v) is 3.55. The van der Waals surface area contributed by atoms with Gasteiger partial charge in [-0.1, -0.05) is 32.9 Å². The fraction of sp³-hybridized carbons (Fsp3) is 0.500. The predicted molar refractivity (Wildman–Crippen MR) is 61.5 cm³/mol. The maximum atomic E-state index is 11.7. The molecule has 84 valence electrons. The Hall–Kier alpha value is -1.38. The monoisotopic (exact) mass is 209 g/mol. The largest absolute Gasteiger partial charge is 0.342 e. The summed E-state index contributed by atoms with van der Waals surface area (Å²) >= 11 is 0. The molecule has 0 aromatic heterocycles. The van der Waals surface area contributed by atoms with Crippen molar-refractivity contribution in [2.45, 2.75) is 39.2 Å². The number of nitrogens with one attached hydrogen (secondary N) is 1. The van der Waals surface area contributed by atoms with Crippen molar-refractivity contribution in [3.8, 4) is 0 Å². The van der Waals surface area contributed by atoms with E-state index in [4.69, 9.17) is 0 Å². The molecule has 3 nitrogen and oxygen atoms in total. The first kappa shape index (κ1) is 13.6. The molecule has 1 unspecified atom stereocenters. The van der Waals surface area contributed by atoms with Crippen molar-refractivity contribution in [1.82, 2.24) is 5.32 Å². The lowest BCUT2D eigenvalue weighted by Gasteiger charge is -2.16. The highest BCUT2D eigenvalue weighted by atomic mass is 16.2. The van der Waals surface area contributed by atoms with Gasteiger partial charge in [-0.15, -0.1) is 0 Å². The van der Waals surface area contributed by atoms with Crippen LogP contribution < -0.4 is 5.32 Å². The van der Waals surface area contributed by atoms with Crippen molar-refractivity contribution in [3.63, 3.8) is 0 Å². The van der Waals surface area contributed by atoms with E-state index in [1.807, 2.05) is 6.92 Å². The van der Waals surface area contributed by atoms with Crippen molar-refractivity contribution in [3.05, 3.63) is 24.8 Å². The molecule has 0 rings (SSSR count). The van der Waals surface area contributed by atoms with Gasteiger partial charge in [-0.2, -0.15) is 0 Å². The topological polar surface area (TPSA) is 46.2 Å². The van der Waals surface area contributed by atoms with Crippen molar-refractivity contribution in [2.24, 2.45) is 0 Å². The molecule has 0 aliphatic carbocycles. The lowest BCUT2D eigenvalue weighted by atomic mass is 10.0. The van der Waals surface area contributed by atoms with E-state index in [0.29, 0.717) is 12.0 Å². The quantitative estimate of drug-likeness (QED) is 0.652. The molecular formula is C12H19NO2. The summed E-state index contributed by atoms with van der Waals surface area (Å²) in [5.41, 5.74) is 0.473. The smallest absolute Gasteiger partial charge is 0.243 e. The molecule has 1 amide bonds. The highest BCUT2D eigenvalue weighted by molar-refractivity contribution is 6.01. The van der Waals surface area contributed by atoms with E-state index in [1.54, 1.807) is 6.92 Å². The lowest BCUT2D eigenvalue weighted by molar-refractivity contribution is -0.123. The van der Waals surface area contributed by atoms with Gasteiger partial charge in [-0.05, 0) is 25.0 Å². The molecule has 0 spiro atoms. The molecule has 1 atom stereocenters. The number of carbonyl (C=O) groups is 2. The zero-order valence-electron chi connectivity index (χ0n) is 9.51. The van der Waals surface area contributed by atoms with Crippen molar-refractivity contribution < 1.29 is 9.59 Å². The van der Waals surface area contributed by atoms with Crippen LogP contribution in [0.1, 0.15) is 33.1 Å². The Morgan fingerprint density at radius 2 is 2.07 bits per heavy atom. The van der Waals surface area contributed by atoms with E-state index < -0.39 is 6.04 Å². The van der Waals surface area contributed by atoms with Crippen LogP contribution in [0, 0.1) is 0 Å². The number of amides is 1. The Morgan fingerprint density at radius 3 is 2.47 bits per heavy atom. The summed E-state index contributed by atoms with van der Waals surface area (Å²) < 4.78 is 0. The Morgan fingerprint density at radius 1 is 1.47 bits per heavy atom. The van der Waals surface area contributed by atoms with Gasteiger partial charge in [-0.3, -0.25) is 9.59 Å². The molecule has 0 saturated carbocycles. The van der Waals surface area contributed by atoms with Crippen LogP contribution in [0.15, 0.2) is 24.8 Å². The molecule has 0 aromatic carbocycles. The fourth-order valence-corrected chi connectivity index (χ4v) is 1.21. The minimum atomic E-state index is -0.451. The van der Waals surface area contributed by atoms with Gasteiger partial charge in [0.2, 0.25) is 5.91 Å². The number of ketones is 1. The molecule has 1 N–H and O–H groups in total. The highest BCUT2D eigenvalue weighted by Crippen LogP contribution is 2.06. The SMILES string of the molecule is C=CC(=O)NC(CCCC)C(=O)C(=C)C. The van der Waals surface area contributed by atoms with Gasteiger partial charge in [0, 0.05) is 0 Å². The van der Waals surface area contributed by atoms with Gasteiger partial charge in [0.1, 0.15) is 0 Å². The molecule has 0 fully saturated rings. The normalized spacial score (nSPS) is 11.6. The molecule has 0 saturated heterocycles. The van der Waals surface area contributed by atoms with Gasteiger partial charge >= 0.3 is 0 Å². The Kier molecular flexibility index (Phi) is 6.34. The third-order valence-corrected chi connectivity index (χ3v) is 2.09. The predicted octanol–water partition coefficient (Wildman–Crippen LogP) is 1.99. The second-order valence-electron chi connectivity index (χ2n) is 3.55.